The number of hydrogen-bond acceptors (Lipinski definition) is 0. The third kappa shape index (κ3) is 4.47. The van der Waals surface area contributed by atoms with Crippen molar-refractivity contribution in [3.63, 3.8) is 0 Å². The monoisotopic (exact) mass is 302 g/mol. The van der Waals surface area contributed by atoms with Crippen LogP contribution in [0.2, 0.25) is 0 Å². The Morgan fingerprint density at radius 1 is 1.18 bits per heavy atom. The molecule has 0 heterocycles. The summed E-state index contributed by atoms with van der Waals surface area (Å²) in [7, 11) is 0. The molecule has 0 aromatic carbocycles. The average molecular weight is 305 g/mol. The molecule has 1 aliphatic carbocycles. The fourth-order valence-electron chi connectivity index (χ4n) is 0.543. The fourth-order valence-corrected chi connectivity index (χ4v) is 0.856. The zero-order chi connectivity index (χ0) is 6.85. The number of rotatable bonds is 0. The van der Waals surface area contributed by atoms with Gasteiger partial charge in [0.05, 0.1) is 0 Å². The topological polar surface area (TPSA) is 0 Å². The Kier molecular flexibility index (Phi) is 8.42. The van der Waals surface area contributed by atoms with Crippen molar-refractivity contribution in [2.75, 3.05) is 0 Å². The first-order valence-corrected chi connectivity index (χ1v) is 3.23. The number of hydrogen-bond donors (Lipinski definition) is 0. The molecule has 4 heteroatoms. The summed E-state index contributed by atoms with van der Waals surface area (Å²) in [5.74, 6) is 0. The van der Waals surface area contributed by atoms with E-state index >= 15 is 0 Å². The fraction of sp³-hybridized carbons (Fsp3) is 0. The van der Waals surface area contributed by atoms with Crippen molar-refractivity contribution >= 4 is 23.2 Å². The Labute approximate surface area is 99.9 Å². The normalized spacial score (nSPS) is 16.5. The maximum absolute atomic E-state index is 5.66. The molecule has 0 atom stereocenters. The van der Waals surface area contributed by atoms with Crippen LogP contribution in [0.25, 0.3) is 0 Å². The van der Waals surface area contributed by atoms with Crippen LogP contribution in [0, 0.1) is 5.38 Å². The van der Waals surface area contributed by atoms with Crippen LogP contribution < -0.4 is 17.0 Å². The molecule has 11 heavy (non-hydrogen) atoms. The predicted molar refractivity (Wildman–Crippen MR) is 41.3 cm³/mol. The number of allylic oxidation sites excluding steroid dienone is 5. The van der Waals surface area contributed by atoms with Gasteiger partial charge in [-0.3, -0.25) is 0 Å². The molecule has 0 saturated carbocycles. The summed E-state index contributed by atoms with van der Waals surface area (Å²) in [5.41, 5.74) is 0.768. The van der Waals surface area contributed by atoms with Gasteiger partial charge in [-0.2, -0.15) is 0 Å². The van der Waals surface area contributed by atoms with E-state index in [1.54, 1.807) is 18.2 Å². The average Bonchev–Trinajstić information content (AvgIpc) is 1.80. The molecule has 0 unspecified atom stereocenters. The second kappa shape index (κ2) is 6.42. The molecule has 0 saturated heterocycles. The van der Waals surface area contributed by atoms with E-state index in [9.17, 15) is 0 Å². The molecule has 0 spiro atoms. The molecule has 0 nitrogen and oxygen atoms in total. The van der Waals surface area contributed by atoms with Crippen LogP contribution in [0.15, 0.2) is 35.4 Å². The molecule has 0 N–H and O–H groups in total. The van der Waals surface area contributed by atoms with E-state index < -0.39 is 0 Å². The molecule has 0 amide bonds. The minimum atomic E-state index is 0. The van der Waals surface area contributed by atoms with E-state index in [4.69, 9.17) is 23.2 Å². The molecule has 0 aromatic heterocycles. The van der Waals surface area contributed by atoms with E-state index in [-0.39, 0.29) is 36.5 Å². The molecule has 1 rings (SSSR count). The van der Waals surface area contributed by atoms with Crippen LogP contribution in [-0.4, -0.2) is 0 Å². The van der Waals surface area contributed by atoms with Gasteiger partial charge < -0.3 is 17.0 Å². The Morgan fingerprint density at radius 3 is 2.09 bits per heavy atom. The van der Waals surface area contributed by atoms with Crippen molar-refractivity contribution in [1.82, 2.24) is 0 Å². The summed E-state index contributed by atoms with van der Waals surface area (Å²) in [6, 6.07) is 0. The number of halogens is 3. The van der Waals surface area contributed by atoms with Crippen LogP contribution >= 0.6 is 23.2 Å². The van der Waals surface area contributed by atoms with Crippen LogP contribution in [0.5, 0.6) is 0 Å². The molecule has 0 fully saturated rings. The van der Waals surface area contributed by atoms with E-state index in [1.165, 1.54) is 0 Å². The molecule has 0 aliphatic heterocycles. The zero-order valence-corrected chi connectivity index (χ0v) is 11.8. The summed E-state index contributed by atoms with van der Waals surface area (Å²) in [6.07, 6.45) is 5.19. The molecular weight excluding hydrogens is 300 g/mol. The summed E-state index contributed by atoms with van der Waals surface area (Å²) >= 11 is 11.3. The maximum atomic E-state index is 5.66. The first-order valence-electron chi connectivity index (χ1n) is 2.47. The quantitative estimate of drug-likeness (QED) is 0.553. The molecule has 1 radical (unpaired) electrons. The maximum Gasteiger partial charge on any atom is 0.114 e. The Morgan fingerprint density at radius 2 is 1.73 bits per heavy atom. The SMILES string of the molecule is C=C1C=C(Cl)C=C[C]1Cl.[Br-].[Zn]. The second-order valence-electron chi connectivity index (χ2n) is 1.74. The van der Waals surface area contributed by atoms with Gasteiger partial charge in [-0.1, -0.05) is 24.3 Å². The van der Waals surface area contributed by atoms with Crippen molar-refractivity contribution in [3.8, 4) is 0 Å². The molecular formula is C7H5BrCl2Zn-. The summed E-state index contributed by atoms with van der Waals surface area (Å²) in [4.78, 5) is 0. The van der Waals surface area contributed by atoms with Gasteiger partial charge in [-0.15, -0.1) is 11.6 Å². The predicted octanol–water partition coefficient (Wildman–Crippen LogP) is 0.00739. The molecule has 57 valence electrons. The van der Waals surface area contributed by atoms with Gasteiger partial charge in [0.25, 0.3) is 0 Å². The first-order chi connectivity index (χ1) is 4.20. The minimum Gasteiger partial charge on any atom is -1.00 e. The van der Waals surface area contributed by atoms with Gasteiger partial charge in [-0.05, 0) is 17.7 Å². The van der Waals surface area contributed by atoms with E-state index in [0.717, 1.165) is 5.57 Å². The third-order valence-corrected chi connectivity index (χ3v) is 1.61. The van der Waals surface area contributed by atoms with Crippen molar-refractivity contribution in [1.29, 1.82) is 0 Å². The summed E-state index contributed by atoms with van der Waals surface area (Å²) < 4.78 is 0. The largest absolute Gasteiger partial charge is 1.00 e. The Balaban J connectivity index is 0. The van der Waals surface area contributed by atoms with Gasteiger partial charge in [0.2, 0.25) is 0 Å². The standard InChI is InChI=1S/C7H5Cl2.BrH.Zn/c1-5-4-6(8)2-3-7(5)9;;/h2-4H,1H2;1H;/p-1. The second-order valence-corrected chi connectivity index (χ2v) is 2.58. The van der Waals surface area contributed by atoms with Crippen molar-refractivity contribution in [2.45, 2.75) is 0 Å². The van der Waals surface area contributed by atoms with Gasteiger partial charge >= 0.3 is 0 Å². The van der Waals surface area contributed by atoms with E-state index in [1.807, 2.05) is 0 Å². The van der Waals surface area contributed by atoms with Gasteiger partial charge in [0.1, 0.15) is 5.38 Å². The van der Waals surface area contributed by atoms with Crippen LogP contribution in [0.3, 0.4) is 0 Å². The van der Waals surface area contributed by atoms with Crippen molar-refractivity contribution in [3.05, 3.63) is 40.8 Å². The van der Waals surface area contributed by atoms with E-state index in [0.29, 0.717) is 10.4 Å². The van der Waals surface area contributed by atoms with E-state index in [2.05, 4.69) is 6.58 Å². The van der Waals surface area contributed by atoms with Crippen LogP contribution in [0.1, 0.15) is 0 Å². The summed E-state index contributed by atoms with van der Waals surface area (Å²) in [6.45, 7) is 3.66. The van der Waals surface area contributed by atoms with Crippen LogP contribution in [0.4, 0.5) is 0 Å². The third-order valence-electron chi connectivity index (χ3n) is 1.01. The molecule has 0 aromatic rings. The van der Waals surface area contributed by atoms with Crippen molar-refractivity contribution in [2.24, 2.45) is 0 Å². The zero-order valence-electron chi connectivity index (χ0n) is 5.78. The molecule has 1 aliphatic rings. The van der Waals surface area contributed by atoms with Crippen molar-refractivity contribution < 1.29 is 36.5 Å². The van der Waals surface area contributed by atoms with Crippen LogP contribution in [-0.2, 0) is 19.5 Å². The summed E-state index contributed by atoms with van der Waals surface area (Å²) in [5, 5.41) is 1.32. The minimum absolute atomic E-state index is 0. The first kappa shape index (κ1) is 14.4. The molecule has 0 bridgehead atoms. The Hall–Kier alpha value is 0.903. The van der Waals surface area contributed by atoms with Gasteiger partial charge in [0, 0.05) is 24.5 Å². The smallest absolute Gasteiger partial charge is 0.114 e. The Bertz CT molecular complexity index is 199. The van der Waals surface area contributed by atoms with Gasteiger partial charge in [-0.25, -0.2) is 0 Å². The van der Waals surface area contributed by atoms with Gasteiger partial charge in [0.15, 0.2) is 0 Å².